The molecule has 1 fully saturated rings. The normalized spacial score (nSPS) is 24.3. The third kappa shape index (κ3) is 5.03. The Labute approximate surface area is 118 Å². The Morgan fingerprint density at radius 2 is 2.11 bits per heavy atom. The summed E-state index contributed by atoms with van der Waals surface area (Å²) >= 11 is 0. The molecule has 1 aliphatic heterocycles. The molecule has 0 aliphatic carbocycles. The summed E-state index contributed by atoms with van der Waals surface area (Å²) in [6.07, 6.45) is 3.54. The Balaban J connectivity index is 2.51. The topological polar surface area (TPSA) is 52.7 Å². The number of likely N-dealkylation sites (N-methyl/N-ethyl adjacent to an activating group) is 2. The molecule has 1 saturated heterocycles. The van der Waals surface area contributed by atoms with Gasteiger partial charge in [-0.25, -0.2) is 0 Å². The van der Waals surface area contributed by atoms with Crippen LogP contribution >= 0.6 is 0 Å². The van der Waals surface area contributed by atoms with Crippen LogP contribution in [0.2, 0.25) is 0 Å². The molecule has 0 saturated carbocycles. The minimum Gasteiger partial charge on any atom is -0.395 e. The van der Waals surface area contributed by atoms with E-state index in [-0.39, 0.29) is 18.7 Å². The van der Waals surface area contributed by atoms with Gasteiger partial charge in [-0.3, -0.25) is 9.80 Å². The van der Waals surface area contributed by atoms with Gasteiger partial charge in [0, 0.05) is 24.7 Å². The highest BCUT2D eigenvalue weighted by Gasteiger charge is 2.28. The number of aliphatic hydroxyl groups excluding tert-OH is 1. The first-order valence-corrected chi connectivity index (χ1v) is 7.80. The molecule has 0 aromatic carbocycles. The highest BCUT2D eigenvalue weighted by molar-refractivity contribution is 4.86. The monoisotopic (exact) mass is 271 g/mol. The molecule has 0 aromatic rings. The van der Waals surface area contributed by atoms with Gasteiger partial charge in [-0.2, -0.15) is 0 Å². The van der Waals surface area contributed by atoms with Gasteiger partial charge in [0.05, 0.1) is 6.61 Å². The average Bonchev–Trinajstić information content (AvgIpc) is 2.76. The molecule has 0 radical (unpaired) electrons. The first kappa shape index (κ1) is 16.9. The Morgan fingerprint density at radius 3 is 2.63 bits per heavy atom. The maximum Gasteiger partial charge on any atom is 0.0601 e. The maximum absolute atomic E-state index is 9.64. The largest absolute Gasteiger partial charge is 0.395 e. The van der Waals surface area contributed by atoms with Crippen molar-refractivity contribution < 1.29 is 5.11 Å². The van der Waals surface area contributed by atoms with Gasteiger partial charge in [0.15, 0.2) is 0 Å². The van der Waals surface area contributed by atoms with E-state index in [9.17, 15) is 5.11 Å². The van der Waals surface area contributed by atoms with E-state index in [2.05, 4.69) is 37.6 Å². The number of likely N-dealkylation sites (tertiary alicyclic amines) is 1. The van der Waals surface area contributed by atoms with Crippen molar-refractivity contribution in [1.29, 1.82) is 0 Å². The van der Waals surface area contributed by atoms with Crippen molar-refractivity contribution in [3.63, 3.8) is 0 Å². The lowest BCUT2D eigenvalue weighted by Crippen LogP contribution is -2.52. The second kappa shape index (κ2) is 8.20. The lowest BCUT2D eigenvalue weighted by molar-refractivity contribution is 0.0950. The van der Waals surface area contributed by atoms with Crippen LogP contribution in [0.4, 0.5) is 0 Å². The molecule has 0 amide bonds. The number of rotatable bonds is 8. The fourth-order valence-corrected chi connectivity index (χ4v) is 3.29. The lowest BCUT2D eigenvalue weighted by Gasteiger charge is -2.35. The van der Waals surface area contributed by atoms with E-state index in [1.165, 1.54) is 19.4 Å². The minimum atomic E-state index is 0.0616. The number of aliphatic hydroxyl groups is 1. The van der Waals surface area contributed by atoms with Crippen LogP contribution < -0.4 is 5.73 Å². The van der Waals surface area contributed by atoms with E-state index in [1.807, 2.05) is 0 Å². The molecule has 114 valence electrons. The van der Waals surface area contributed by atoms with Gasteiger partial charge in [-0.15, -0.1) is 0 Å². The van der Waals surface area contributed by atoms with E-state index in [1.54, 1.807) is 0 Å². The van der Waals surface area contributed by atoms with Crippen LogP contribution in [0.15, 0.2) is 0 Å². The van der Waals surface area contributed by atoms with Crippen molar-refractivity contribution >= 4 is 0 Å². The SMILES string of the molecule is CCN1CCCC1CN(C)C(CO)C(N)CC(C)C. The van der Waals surface area contributed by atoms with E-state index < -0.39 is 0 Å². The third-order valence-corrected chi connectivity index (χ3v) is 4.39. The quantitative estimate of drug-likeness (QED) is 0.695. The van der Waals surface area contributed by atoms with Gasteiger partial charge < -0.3 is 10.8 Å². The molecule has 1 aliphatic rings. The molecule has 3 unspecified atom stereocenters. The van der Waals surface area contributed by atoms with Crippen molar-refractivity contribution in [3.05, 3.63) is 0 Å². The van der Waals surface area contributed by atoms with Crippen molar-refractivity contribution in [3.8, 4) is 0 Å². The fourth-order valence-electron chi connectivity index (χ4n) is 3.29. The number of hydrogen-bond donors (Lipinski definition) is 2. The number of nitrogens with zero attached hydrogens (tertiary/aromatic N) is 2. The van der Waals surface area contributed by atoms with Crippen LogP contribution in [-0.4, -0.2) is 66.3 Å². The first-order valence-electron chi connectivity index (χ1n) is 7.80. The van der Waals surface area contributed by atoms with Gasteiger partial charge in [-0.05, 0) is 45.3 Å². The van der Waals surface area contributed by atoms with E-state index >= 15 is 0 Å². The summed E-state index contributed by atoms with van der Waals surface area (Å²) in [6.45, 7) is 10.1. The van der Waals surface area contributed by atoms with Crippen molar-refractivity contribution in [2.75, 3.05) is 33.3 Å². The van der Waals surface area contributed by atoms with Gasteiger partial charge in [0.2, 0.25) is 0 Å². The molecule has 0 bridgehead atoms. The molecule has 1 heterocycles. The summed E-state index contributed by atoms with van der Waals surface area (Å²) in [6, 6.07) is 0.781. The van der Waals surface area contributed by atoms with E-state index in [0.717, 1.165) is 19.5 Å². The zero-order valence-electron chi connectivity index (χ0n) is 13.2. The summed E-state index contributed by atoms with van der Waals surface area (Å²) in [7, 11) is 2.10. The van der Waals surface area contributed by atoms with Gasteiger partial charge in [0.1, 0.15) is 0 Å². The molecular weight excluding hydrogens is 238 g/mol. The molecular formula is C15H33N3O. The number of nitrogens with two attached hydrogens (primary N) is 1. The summed E-state index contributed by atoms with van der Waals surface area (Å²) in [5.41, 5.74) is 6.26. The Morgan fingerprint density at radius 1 is 1.42 bits per heavy atom. The Bertz CT molecular complexity index is 248. The molecule has 0 spiro atoms. The predicted octanol–water partition coefficient (Wildman–Crippen LogP) is 1.14. The van der Waals surface area contributed by atoms with Crippen LogP contribution in [-0.2, 0) is 0 Å². The zero-order chi connectivity index (χ0) is 14.4. The van der Waals surface area contributed by atoms with Crippen molar-refractivity contribution in [2.45, 2.75) is 58.2 Å². The first-order chi connectivity index (χ1) is 8.99. The van der Waals surface area contributed by atoms with Crippen LogP contribution in [0.3, 0.4) is 0 Å². The average molecular weight is 271 g/mol. The Hall–Kier alpha value is -0.160. The third-order valence-electron chi connectivity index (χ3n) is 4.39. The summed E-state index contributed by atoms with van der Waals surface area (Å²) in [4.78, 5) is 4.81. The predicted molar refractivity (Wildman–Crippen MR) is 81.2 cm³/mol. The highest BCUT2D eigenvalue weighted by Crippen LogP contribution is 2.19. The van der Waals surface area contributed by atoms with E-state index in [4.69, 9.17) is 5.73 Å². The van der Waals surface area contributed by atoms with E-state index in [0.29, 0.717) is 12.0 Å². The van der Waals surface area contributed by atoms with Crippen LogP contribution in [0.5, 0.6) is 0 Å². The zero-order valence-corrected chi connectivity index (χ0v) is 13.2. The second-order valence-corrected chi connectivity index (χ2v) is 6.41. The molecule has 3 atom stereocenters. The van der Waals surface area contributed by atoms with Crippen molar-refractivity contribution in [2.24, 2.45) is 11.7 Å². The van der Waals surface area contributed by atoms with Crippen LogP contribution in [0.25, 0.3) is 0 Å². The van der Waals surface area contributed by atoms with Crippen LogP contribution in [0, 0.1) is 5.92 Å². The summed E-state index contributed by atoms with van der Waals surface area (Å²) in [5.74, 6) is 0.580. The van der Waals surface area contributed by atoms with Gasteiger partial charge in [-0.1, -0.05) is 20.8 Å². The lowest BCUT2D eigenvalue weighted by atomic mass is 9.97. The molecule has 1 rings (SSSR count). The molecule has 4 nitrogen and oxygen atoms in total. The summed E-state index contributed by atoms with van der Waals surface area (Å²) in [5, 5.41) is 9.64. The maximum atomic E-state index is 9.64. The standard InChI is InChI=1S/C15H33N3O/c1-5-18-8-6-7-13(18)10-17(4)15(11-19)14(16)9-12(2)3/h12-15,19H,5-11,16H2,1-4H3. The van der Waals surface area contributed by atoms with Gasteiger partial charge in [0.25, 0.3) is 0 Å². The molecule has 0 aromatic heterocycles. The smallest absolute Gasteiger partial charge is 0.0601 e. The molecule has 19 heavy (non-hydrogen) atoms. The Kier molecular flexibility index (Phi) is 7.29. The molecule has 3 N–H and O–H groups in total. The minimum absolute atomic E-state index is 0.0616. The van der Waals surface area contributed by atoms with Gasteiger partial charge >= 0.3 is 0 Å². The molecule has 4 heteroatoms. The summed E-state index contributed by atoms with van der Waals surface area (Å²) < 4.78 is 0. The second-order valence-electron chi connectivity index (χ2n) is 6.41. The van der Waals surface area contributed by atoms with Crippen LogP contribution in [0.1, 0.15) is 40.0 Å². The number of hydrogen-bond acceptors (Lipinski definition) is 4. The fraction of sp³-hybridized carbons (Fsp3) is 1.00. The van der Waals surface area contributed by atoms with Crippen molar-refractivity contribution in [1.82, 2.24) is 9.80 Å². The highest BCUT2D eigenvalue weighted by atomic mass is 16.3.